The van der Waals surface area contributed by atoms with Crippen LogP contribution in [-0.2, 0) is 13.1 Å². The molecule has 0 saturated carbocycles. The first kappa shape index (κ1) is 13.6. The first-order valence-corrected chi connectivity index (χ1v) is 7.29. The summed E-state index contributed by atoms with van der Waals surface area (Å²) in [6.45, 7) is 10.1. The van der Waals surface area contributed by atoms with Gasteiger partial charge >= 0.3 is 0 Å². The Morgan fingerprint density at radius 2 is 2.17 bits per heavy atom. The van der Waals surface area contributed by atoms with Crippen LogP contribution >= 0.6 is 0 Å². The number of hydrogen-bond donors (Lipinski definition) is 1. The molecule has 1 aliphatic rings. The largest absolute Gasteiger partial charge is 0.333 e. The molecule has 1 aliphatic heterocycles. The van der Waals surface area contributed by atoms with Gasteiger partial charge in [-0.1, -0.05) is 13.8 Å². The van der Waals surface area contributed by atoms with Crippen molar-refractivity contribution in [1.29, 1.82) is 0 Å². The van der Waals surface area contributed by atoms with Gasteiger partial charge in [-0.2, -0.15) is 0 Å². The summed E-state index contributed by atoms with van der Waals surface area (Å²) in [4.78, 5) is 6.90. The van der Waals surface area contributed by atoms with Crippen molar-refractivity contribution in [3.8, 4) is 0 Å². The quantitative estimate of drug-likeness (QED) is 0.836. The van der Waals surface area contributed by atoms with Gasteiger partial charge in [0.25, 0.3) is 0 Å². The van der Waals surface area contributed by atoms with Crippen molar-refractivity contribution in [2.45, 2.75) is 52.2 Å². The highest BCUT2D eigenvalue weighted by Gasteiger charge is 2.20. The fourth-order valence-corrected chi connectivity index (χ4v) is 2.80. The van der Waals surface area contributed by atoms with Crippen LogP contribution in [0, 0.1) is 0 Å². The van der Waals surface area contributed by atoms with Crippen LogP contribution in [0.2, 0.25) is 0 Å². The number of aryl methyl sites for hydroxylation is 1. The second-order valence-electron chi connectivity index (χ2n) is 5.12. The third-order valence-electron chi connectivity index (χ3n) is 3.86. The molecule has 102 valence electrons. The van der Waals surface area contributed by atoms with Gasteiger partial charge in [0, 0.05) is 25.3 Å². The first-order valence-electron chi connectivity index (χ1n) is 7.29. The first-order chi connectivity index (χ1) is 8.85. The van der Waals surface area contributed by atoms with Crippen LogP contribution in [0.1, 0.15) is 38.8 Å². The SMILES string of the molecule is CCCn1cncc1CN(CC)C1CCNCC1. The molecule has 0 spiro atoms. The maximum atomic E-state index is 4.30. The van der Waals surface area contributed by atoms with E-state index < -0.39 is 0 Å². The zero-order chi connectivity index (χ0) is 12.8. The Hall–Kier alpha value is -0.870. The molecule has 0 unspecified atom stereocenters. The highest BCUT2D eigenvalue weighted by molar-refractivity contribution is 4.99. The van der Waals surface area contributed by atoms with Gasteiger partial charge in [0.15, 0.2) is 0 Å². The van der Waals surface area contributed by atoms with Crippen molar-refractivity contribution in [2.75, 3.05) is 19.6 Å². The standard InChI is InChI=1S/C14H26N4/c1-3-9-18-12-16-10-14(18)11-17(4-2)13-5-7-15-8-6-13/h10,12-13,15H,3-9,11H2,1-2H3. The molecule has 2 heterocycles. The van der Waals surface area contributed by atoms with E-state index in [0.717, 1.165) is 38.8 Å². The van der Waals surface area contributed by atoms with E-state index in [-0.39, 0.29) is 0 Å². The van der Waals surface area contributed by atoms with Gasteiger partial charge in [0.1, 0.15) is 0 Å². The van der Waals surface area contributed by atoms with Crippen molar-refractivity contribution < 1.29 is 0 Å². The van der Waals surface area contributed by atoms with Crippen molar-refractivity contribution >= 4 is 0 Å². The number of nitrogens with one attached hydrogen (secondary N) is 1. The van der Waals surface area contributed by atoms with Gasteiger partial charge in [0.05, 0.1) is 12.0 Å². The molecule has 4 heteroatoms. The Morgan fingerprint density at radius 1 is 1.39 bits per heavy atom. The Labute approximate surface area is 110 Å². The molecule has 0 atom stereocenters. The summed E-state index contributed by atoms with van der Waals surface area (Å²) in [6.07, 6.45) is 7.71. The van der Waals surface area contributed by atoms with E-state index in [0.29, 0.717) is 0 Å². The molecule has 1 aromatic rings. The van der Waals surface area contributed by atoms with Crippen LogP contribution in [0.5, 0.6) is 0 Å². The molecular formula is C14H26N4. The molecule has 1 aromatic heterocycles. The van der Waals surface area contributed by atoms with Crippen LogP contribution in [0.3, 0.4) is 0 Å². The van der Waals surface area contributed by atoms with Gasteiger partial charge in [-0.05, 0) is 38.9 Å². The van der Waals surface area contributed by atoms with Gasteiger partial charge < -0.3 is 9.88 Å². The van der Waals surface area contributed by atoms with Crippen molar-refractivity contribution in [2.24, 2.45) is 0 Å². The van der Waals surface area contributed by atoms with E-state index in [4.69, 9.17) is 0 Å². The van der Waals surface area contributed by atoms with Crippen LogP contribution in [-0.4, -0.2) is 40.1 Å². The van der Waals surface area contributed by atoms with Crippen molar-refractivity contribution in [3.05, 3.63) is 18.2 Å². The molecule has 0 aromatic carbocycles. The molecule has 18 heavy (non-hydrogen) atoms. The predicted molar refractivity (Wildman–Crippen MR) is 74.5 cm³/mol. The topological polar surface area (TPSA) is 33.1 Å². The molecule has 0 amide bonds. The van der Waals surface area contributed by atoms with E-state index in [1.165, 1.54) is 25.0 Å². The summed E-state index contributed by atoms with van der Waals surface area (Å²) in [7, 11) is 0. The lowest BCUT2D eigenvalue weighted by molar-refractivity contribution is 0.158. The lowest BCUT2D eigenvalue weighted by atomic mass is 10.0. The minimum absolute atomic E-state index is 0.737. The van der Waals surface area contributed by atoms with Crippen LogP contribution in [0.4, 0.5) is 0 Å². The van der Waals surface area contributed by atoms with E-state index in [1.54, 1.807) is 0 Å². The number of nitrogens with zero attached hydrogens (tertiary/aromatic N) is 3. The highest BCUT2D eigenvalue weighted by atomic mass is 15.2. The molecular weight excluding hydrogens is 224 g/mol. The second kappa shape index (κ2) is 6.90. The molecule has 0 aliphatic carbocycles. The third kappa shape index (κ3) is 3.33. The van der Waals surface area contributed by atoms with Crippen LogP contribution < -0.4 is 5.32 Å². The minimum Gasteiger partial charge on any atom is -0.333 e. The zero-order valence-corrected chi connectivity index (χ0v) is 11.7. The lowest BCUT2D eigenvalue weighted by Crippen LogP contribution is -2.42. The van der Waals surface area contributed by atoms with Crippen LogP contribution in [0.25, 0.3) is 0 Å². The average Bonchev–Trinajstić information content (AvgIpc) is 2.85. The third-order valence-corrected chi connectivity index (χ3v) is 3.86. The Bertz CT molecular complexity index is 341. The predicted octanol–water partition coefficient (Wildman–Crippen LogP) is 1.87. The molecule has 4 nitrogen and oxygen atoms in total. The number of aromatic nitrogens is 2. The number of piperidine rings is 1. The summed E-state index contributed by atoms with van der Waals surface area (Å²) >= 11 is 0. The molecule has 1 fully saturated rings. The maximum absolute atomic E-state index is 4.30. The summed E-state index contributed by atoms with van der Waals surface area (Å²) < 4.78 is 2.30. The van der Waals surface area contributed by atoms with Crippen LogP contribution in [0.15, 0.2) is 12.5 Å². The van der Waals surface area contributed by atoms with Gasteiger partial charge in [0.2, 0.25) is 0 Å². The Balaban J connectivity index is 1.98. The fourth-order valence-electron chi connectivity index (χ4n) is 2.80. The zero-order valence-electron chi connectivity index (χ0n) is 11.7. The summed E-state index contributed by atoms with van der Waals surface area (Å²) in [5.41, 5.74) is 1.36. The normalized spacial score (nSPS) is 17.5. The molecule has 0 bridgehead atoms. The molecule has 2 rings (SSSR count). The smallest absolute Gasteiger partial charge is 0.0948 e. The molecule has 1 N–H and O–H groups in total. The summed E-state index contributed by atoms with van der Waals surface area (Å²) in [5, 5.41) is 3.44. The van der Waals surface area contributed by atoms with Gasteiger partial charge in [-0.15, -0.1) is 0 Å². The number of hydrogen-bond acceptors (Lipinski definition) is 3. The second-order valence-corrected chi connectivity index (χ2v) is 5.12. The van der Waals surface area contributed by atoms with Crippen molar-refractivity contribution in [1.82, 2.24) is 19.8 Å². The van der Waals surface area contributed by atoms with Crippen molar-refractivity contribution in [3.63, 3.8) is 0 Å². The Morgan fingerprint density at radius 3 is 2.83 bits per heavy atom. The molecule has 1 saturated heterocycles. The monoisotopic (exact) mass is 250 g/mol. The fraction of sp³-hybridized carbons (Fsp3) is 0.786. The van der Waals surface area contributed by atoms with E-state index in [2.05, 4.69) is 33.6 Å². The average molecular weight is 250 g/mol. The van der Waals surface area contributed by atoms with E-state index in [9.17, 15) is 0 Å². The summed E-state index contributed by atoms with van der Waals surface area (Å²) in [6, 6.07) is 0.737. The Kier molecular flexibility index (Phi) is 5.20. The van der Waals surface area contributed by atoms with E-state index in [1.807, 2.05) is 12.5 Å². The lowest BCUT2D eigenvalue weighted by Gasteiger charge is -2.33. The maximum Gasteiger partial charge on any atom is 0.0948 e. The number of imidazole rings is 1. The minimum atomic E-state index is 0.737. The summed E-state index contributed by atoms with van der Waals surface area (Å²) in [5.74, 6) is 0. The van der Waals surface area contributed by atoms with Gasteiger partial charge in [-0.3, -0.25) is 4.90 Å². The molecule has 0 radical (unpaired) electrons. The van der Waals surface area contributed by atoms with E-state index >= 15 is 0 Å². The highest BCUT2D eigenvalue weighted by Crippen LogP contribution is 2.15. The van der Waals surface area contributed by atoms with Gasteiger partial charge in [-0.25, -0.2) is 4.98 Å². The number of rotatable bonds is 6.